The highest BCUT2D eigenvalue weighted by molar-refractivity contribution is 9.10. The summed E-state index contributed by atoms with van der Waals surface area (Å²) >= 11 is 3.34. The lowest BCUT2D eigenvalue weighted by molar-refractivity contribution is 0.172. The van der Waals surface area contributed by atoms with E-state index < -0.39 is 23.2 Å². The Labute approximate surface area is 151 Å². The molecule has 1 heterocycles. The zero-order valence-corrected chi connectivity index (χ0v) is 15.0. The topological polar surface area (TPSA) is 64.2 Å². The van der Waals surface area contributed by atoms with Crippen molar-refractivity contribution in [1.82, 2.24) is 9.13 Å². The lowest BCUT2D eigenvalue weighted by atomic mass is 10.2. The van der Waals surface area contributed by atoms with Crippen LogP contribution in [0.15, 0.2) is 56.5 Å². The summed E-state index contributed by atoms with van der Waals surface area (Å²) in [5, 5.41) is 9.93. The number of aliphatic hydroxyl groups excluding tert-OH is 1. The number of halogens is 2. The lowest BCUT2D eigenvalue weighted by Gasteiger charge is -2.15. The molecule has 0 radical (unpaired) electrons. The van der Waals surface area contributed by atoms with Gasteiger partial charge in [-0.3, -0.25) is 13.9 Å². The van der Waals surface area contributed by atoms with Gasteiger partial charge in [0.1, 0.15) is 5.82 Å². The van der Waals surface area contributed by atoms with Crippen LogP contribution in [-0.4, -0.2) is 20.3 Å². The van der Waals surface area contributed by atoms with Gasteiger partial charge in [0, 0.05) is 4.47 Å². The fraction of sp³-hybridized carbons (Fsp3) is 0.222. The third kappa shape index (κ3) is 3.57. The van der Waals surface area contributed by atoms with E-state index in [9.17, 15) is 19.1 Å². The van der Waals surface area contributed by atoms with Gasteiger partial charge in [0.15, 0.2) is 0 Å². The van der Waals surface area contributed by atoms with Crippen molar-refractivity contribution in [2.24, 2.45) is 0 Å². The van der Waals surface area contributed by atoms with Gasteiger partial charge in [-0.1, -0.05) is 28.1 Å². The lowest BCUT2D eigenvalue weighted by Crippen LogP contribution is -2.41. The van der Waals surface area contributed by atoms with Gasteiger partial charge in [-0.05, 0) is 42.8 Å². The summed E-state index contributed by atoms with van der Waals surface area (Å²) in [6, 6.07) is 11.0. The normalized spacial score (nSPS) is 12.5. The maximum absolute atomic E-state index is 13.6. The Balaban J connectivity index is 2.24. The van der Waals surface area contributed by atoms with Crippen molar-refractivity contribution in [2.75, 3.05) is 0 Å². The molecule has 0 spiro atoms. The number of benzene rings is 2. The summed E-state index contributed by atoms with van der Waals surface area (Å²) in [6.45, 7) is 1.60. The molecular formula is C18H16BrFN2O3. The molecule has 3 rings (SSSR count). The van der Waals surface area contributed by atoms with E-state index >= 15 is 0 Å². The number of nitrogens with zero attached hydrogens (tertiary/aromatic N) is 2. The molecule has 3 aromatic rings. The Hall–Kier alpha value is -2.25. The summed E-state index contributed by atoms with van der Waals surface area (Å²) in [5.74, 6) is -0.545. The van der Waals surface area contributed by atoms with Gasteiger partial charge < -0.3 is 5.11 Å². The number of aliphatic hydroxyl groups is 1. The summed E-state index contributed by atoms with van der Waals surface area (Å²) in [7, 11) is 0. The van der Waals surface area contributed by atoms with E-state index in [0.29, 0.717) is 0 Å². The van der Waals surface area contributed by atoms with Gasteiger partial charge in [0.2, 0.25) is 0 Å². The average molecular weight is 407 g/mol. The summed E-state index contributed by atoms with van der Waals surface area (Å²) in [6.07, 6.45) is -0.817. The molecule has 25 heavy (non-hydrogen) atoms. The van der Waals surface area contributed by atoms with E-state index in [0.717, 1.165) is 20.7 Å². The highest BCUT2D eigenvalue weighted by atomic mass is 79.9. The van der Waals surface area contributed by atoms with Gasteiger partial charge >= 0.3 is 5.69 Å². The Morgan fingerprint density at radius 2 is 1.80 bits per heavy atom. The summed E-state index contributed by atoms with van der Waals surface area (Å²) in [4.78, 5) is 25.5. The second-order valence-corrected chi connectivity index (χ2v) is 6.84. The van der Waals surface area contributed by atoms with Gasteiger partial charge in [-0.15, -0.1) is 0 Å². The Morgan fingerprint density at radius 3 is 2.44 bits per heavy atom. The predicted molar refractivity (Wildman–Crippen MR) is 97.4 cm³/mol. The van der Waals surface area contributed by atoms with Crippen LogP contribution >= 0.6 is 15.9 Å². The second-order valence-electron chi connectivity index (χ2n) is 5.92. The van der Waals surface area contributed by atoms with Gasteiger partial charge in [-0.2, -0.15) is 0 Å². The van der Waals surface area contributed by atoms with E-state index in [-0.39, 0.29) is 24.0 Å². The smallest absolute Gasteiger partial charge is 0.331 e. The van der Waals surface area contributed by atoms with Crippen LogP contribution in [0.2, 0.25) is 0 Å². The molecule has 5 nitrogen and oxygen atoms in total. The first kappa shape index (κ1) is 17.6. The van der Waals surface area contributed by atoms with E-state index in [4.69, 9.17) is 0 Å². The molecule has 7 heteroatoms. The summed E-state index contributed by atoms with van der Waals surface area (Å²) < 4.78 is 16.8. The molecule has 1 aromatic heterocycles. The maximum atomic E-state index is 13.6. The van der Waals surface area contributed by atoms with Crippen LogP contribution in [0.3, 0.4) is 0 Å². The SMILES string of the molecule is CC(O)Cn1c(=O)n(Cc2ccc(Br)cc2)c(=O)c2ccc(F)cc21. The first-order valence-corrected chi connectivity index (χ1v) is 8.51. The highest BCUT2D eigenvalue weighted by Crippen LogP contribution is 2.13. The minimum Gasteiger partial charge on any atom is -0.392 e. The van der Waals surface area contributed by atoms with Crippen molar-refractivity contribution in [2.45, 2.75) is 26.1 Å². The molecule has 2 aromatic carbocycles. The van der Waals surface area contributed by atoms with Crippen LogP contribution in [0.5, 0.6) is 0 Å². The molecule has 0 amide bonds. The fourth-order valence-corrected chi connectivity index (χ4v) is 3.01. The van der Waals surface area contributed by atoms with Crippen molar-refractivity contribution in [1.29, 1.82) is 0 Å². The molecule has 1 unspecified atom stereocenters. The molecule has 0 aliphatic heterocycles. The molecule has 0 saturated heterocycles. The second kappa shape index (κ2) is 6.93. The molecular weight excluding hydrogens is 391 g/mol. The maximum Gasteiger partial charge on any atom is 0.331 e. The zero-order chi connectivity index (χ0) is 18.1. The molecule has 0 aliphatic rings. The van der Waals surface area contributed by atoms with Gasteiger partial charge in [-0.25, -0.2) is 9.18 Å². The molecule has 0 bridgehead atoms. The minimum atomic E-state index is -0.817. The van der Waals surface area contributed by atoms with Crippen molar-refractivity contribution in [3.63, 3.8) is 0 Å². The highest BCUT2D eigenvalue weighted by Gasteiger charge is 2.15. The quantitative estimate of drug-likeness (QED) is 0.723. The van der Waals surface area contributed by atoms with E-state index in [2.05, 4.69) is 15.9 Å². The Morgan fingerprint density at radius 1 is 1.12 bits per heavy atom. The van der Waals surface area contributed by atoms with E-state index in [1.807, 2.05) is 24.3 Å². The molecule has 1 N–H and O–H groups in total. The first-order chi connectivity index (χ1) is 11.9. The van der Waals surface area contributed by atoms with Crippen molar-refractivity contribution in [3.05, 3.63) is 79.2 Å². The molecule has 130 valence electrons. The number of hydrogen-bond donors (Lipinski definition) is 1. The van der Waals surface area contributed by atoms with Crippen LogP contribution in [0.1, 0.15) is 12.5 Å². The van der Waals surface area contributed by atoms with Crippen LogP contribution in [0, 0.1) is 5.82 Å². The van der Waals surface area contributed by atoms with Gasteiger partial charge in [0.25, 0.3) is 5.56 Å². The Kier molecular flexibility index (Phi) is 4.87. The molecule has 0 aliphatic carbocycles. The van der Waals surface area contributed by atoms with Crippen molar-refractivity contribution < 1.29 is 9.50 Å². The molecule has 0 fully saturated rings. The largest absolute Gasteiger partial charge is 0.392 e. The van der Waals surface area contributed by atoms with E-state index in [1.165, 1.54) is 23.6 Å². The van der Waals surface area contributed by atoms with Crippen LogP contribution in [-0.2, 0) is 13.1 Å². The van der Waals surface area contributed by atoms with Crippen molar-refractivity contribution >= 4 is 26.8 Å². The van der Waals surface area contributed by atoms with Gasteiger partial charge in [0.05, 0.1) is 30.1 Å². The van der Waals surface area contributed by atoms with Crippen LogP contribution in [0.25, 0.3) is 10.9 Å². The number of rotatable bonds is 4. The molecule has 0 saturated carbocycles. The minimum absolute atomic E-state index is 0.0284. The number of aromatic nitrogens is 2. The summed E-state index contributed by atoms with van der Waals surface area (Å²) in [5.41, 5.74) is -0.0907. The number of hydrogen-bond acceptors (Lipinski definition) is 3. The molecule has 1 atom stereocenters. The Bertz CT molecular complexity index is 1040. The standard InChI is InChI=1S/C18H16BrFN2O3/c1-11(23)9-21-16-8-14(20)6-7-15(16)17(24)22(18(21)25)10-12-2-4-13(19)5-3-12/h2-8,11,23H,9-10H2,1H3. The van der Waals surface area contributed by atoms with E-state index in [1.54, 1.807) is 0 Å². The van der Waals surface area contributed by atoms with Crippen LogP contribution in [0.4, 0.5) is 4.39 Å². The average Bonchev–Trinajstić information content (AvgIpc) is 2.57. The number of fused-ring (bicyclic) bond motifs is 1. The van der Waals surface area contributed by atoms with Crippen LogP contribution < -0.4 is 11.2 Å². The predicted octanol–water partition coefficient (Wildman–Crippen LogP) is 2.49. The third-order valence-electron chi connectivity index (χ3n) is 3.89. The monoisotopic (exact) mass is 406 g/mol. The third-order valence-corrected chi connectivity index (χ3v) is 4.42. The zero-order valence-electron chi connectivity index (χ0n) is 13.4. The first-order valence-electron chi connectivity index (χ1n) is 7.72. The van der Waals surface area contributed by atoms with Crippen molar-refractivity contribution in [3.8, 4) is 0 Å². The fourth-order valence-electron chi connectivity index (χ4n) is 2.74.